The van der Waals surface area contributed by atoms with E-state index in [2.05, 4.69) is 22.8 Å². The Kier molecular flexibility index (Phi) is 2.80. The van der Waals surface area contributed by atoms with E-state index >= 15 is 0 Å². The van der Waals surface area contributed by atoms with Crippen molar-refractivity contribution in [1.29, 1.82) is 0 Å². The Morgan fingerprint density at radius 1 is 1.33 bits per heavy atom. The Balaban J connectivity index is 1.43. The summed E-state index contributed by atoms with van der Waals surface area (Å²) in [7, 11) is 0. The van der Waals surface area contributed by atoms with Crippen LogP contribution in [0.3, 0.4) is 0 Å². The average molecular weight is 221 g/mol. The molecule has 3 atom stereocenters. The standard InChI is InChI=1S/C13H19NS/c1-2-12(15-7-1)5-6-14-13-9-10-3-4-11(13)8-10/h1-2,7,10-11,13-14H,3-6,8-9H2/t10-,11-,13-/m1/s1. The first kappa shape index (κ1) is 9.86. The number of fused-ring (bicyclic) bond motifs is 2. The average Bonchev–Trinajstić information content (AvgIpc) is 2.93. The van der Waals surface area contributed by atoms with Gasteiger partial charge in [-0.2, -0.15) is 0 Å². The van der Waals surface area contributed by atoms with E-state index in [1.165, 1.54) is 43.5 Å². The predicted molar refractivity (Wildman–Crippen MR) is 65.3 cm³/mol. The summed E-state index contributed by atoms with van der Waals surface area (Å²) < 4.78 is 0. The number of hydrogen-bond donors (Lipinski definition) is 1. The quantitative estimate of drug-likeness (QED) is 0.824. The lowest BCUT2D eigenvalue weighted by Gasteiger charge is -2.22. The predicted octanol–water partition coefficient (Wildman–Crippen LogP) is 3.07. The maximum absolute atomic E-state index is 3.76. The normalized spacial score (nSPS) is 33.7. The summed E-state index contributed by atoms with van der Waals surface area (Å²) in [5.74, 6) is 2.08. The minimum Gasteiger partial charge on any atom is -0.313 e. The third-order valence-electron chi connectivity index (χ3n) is 4.10. The molecular formula is C13H19NS. The Hall–Kier alpha value is -0.340. The van der Waals surface area contributed by atoms with Crippen molar-refractivity contribution in [2.75, 3.05) is 6.54 Å². The molecule has 2 heteroatoms. The topological polar surface area (TPSA) is 12.0 Å². The molecule has 3 rings (SSSR count). The molecule has 2 fully saturated rings. The van der Waals surface area contributed by atoms with Crippen molar-refractivity contribution >= 4 is 11.3 Å². The zero-order chi connectivity index (χ0) is 10.1. The van der Waals surface area contributed by atoms with Crippen molar-refractivity contribution in [3.8, 4) is 0 Å². The SMILES string of the molecule is c1csc(CCN[C@@H]2C[C@@H]3CC[C@@H]2C3)c1. The monoisotopic (exact) mass is 221 g/mol. The van der Waals surface area contributed by atoms with Crippen LogP contribution in [0, 0.1) is 11.8 Å². The molecule has 2 aliphatic carbocycles. The van der Waals surface area contributed by atoms with Crippen LogP contribution < -0.4 is 5.32 Å². The summed E-state index contributed by atoms with van der Waals surface area (Å²) >= 11 is 1.88. The maximum Gasteiger partial charge on any atom is 0.00982 e. The van der Waals surface area contributed by atoms with Crippen LogP contribution in [0.2, 0.25) is 0 Å². The van der Waals surface area contributed by atoms with E-state index in [-0.39, 0.29) is 0 Å². The van der Waals surface area contributed by atoms with E-state index in [0.717, 1.165) is 17.9 Å². The lowest BCUT2D eigenvalue weighted by Crippen LogP contribution is -2.35. The molecule has 0 aromatic carbocycles. The second-order valence-electron chi connectivity index (χ2n) is 5.06. The molecule has 2 bridgehead atoms. The van der Waals surface area contributed by atoms with Crippen LogP contribution in [0.15, 0.2) is 17.5 Å². The molecule has 1 aromatic rings. The molecule has 1 aromatic heterocycles. The molecular weight excluding hydrogens is 202 g/mol. The molecule has 0 spiro atoms. The zero-order valence-corrected chi connectivity index (χ0v) is 9.93. The van der Waals surface area contributed by atoms with Crippen molar-refractivity contribution in [1.82, 2.24) is 5.32 Å². The van der Waals surface area contributed by atoms with Gasteiger partial charge in [-0.3, -0.25) is 0 Å². The van der Waals surface area contributed by atoms with Crippen LogP contribution in [0.25, 0.3) is 0 Å². The summed E-state index contributed by atoms with van der Waals surface area (Å²) in [6.45, 7) is 1.18. The molecule has 1 nitrogen and oxygen atoms in total. The molecule has 0 saturated heterocycles. The summed E-state index contributed by atoms with van der Waals surface area (Å²) in [5.41, 5.74) is 0. The molecule has 0 unspecified atom stereocenters. The fraction of sp³-hybridized carbons (Fsp3) is 0.692. The zero-order valence-electron chi connectivity index (χ0n) is 9.11. The van der Waals surface area contributed by atoms with Crippen molar-refractivity contribution in [3.63, 3.8) is 0 Å². The highest BCUT2D eigenvalue weighted by Gasteiger charge is 2.38. The van der Waals surface area contributed by atoms with E-state index in [4.69, 9.17) is 0 Å². The number of thiophene rings is 1. The van der Waals surface area contributed by atoms with Gasteiger partial charge >= 0.3 is 0 Å². The largest absolute Gasteiger partial charge is 0.313 e. The highest BCUT2D eigenvalue weighted by molar-refractivity contribution is 7.09. The van der Waals surface area contributed by atoms with Gasteiger partial charge in [-0.25, -0.2) is 0 Å². The number of nitrogens with one attached hydrogen (secondary N) is 1. The Labute approximate surface area is 95.9 Å². The van der Waals surface area contributed by atoms with Crippen LogP contribution in [0.5, 0.6) is 0 Å². The first-order valence-electron chi connectivity index (χ1n) is 6.17. The van der Waals surface area contributed by atoms with E-state index in [9.17, 15) is 0 Å². The third-order valence-corrected chi connectivity index (χ3v) is 5.03. The summed E-state index contributed by atoms with van der Waals surface area (Å²) in [4.78, 5) is 1.52. The molecule has 1 N–H and O–H groups in total. The van der Waals surface area contributed by atoms with Crippen molar-refractivity contribution in [3.05, 3.63) is 22.4 Å². The molecule has 0 aliphatic heterocycles. The smallest absolute Gasteiger partial charge is 0.00982 e. The minimum atomic E-state index is 0.851. The van der Waals surface area contributed by atoms with Gasteiger partial charge in [0.05, 0.1) is 0 Å². The van der Waals surface area contributed by atoms with Crippen LogP contribution in [0.1, 0.15) is 30.6 Å². The molecule has 82 valence electrons. The van der Waals surface area contributed by atoms with Gasteiger partial charge in [-0.1, -0.05) is 12.5 Å². The Bertz CT molecular complexity index is 306. The lowest BCUT2D eigenvalue weighted by atomic mass is 9.95. The Morgan fingerprint density at radius 3 is 3.00 bits per heavy atom. The van der Waals surface area contributed by atoms with Gasteiger partial charge in [0.15, 0.2) is 0 Å². The first-order valence-corrected chi connectivity index (χ1v) is 7.05. The van der Waals surface area contributed by atoms with Gasteiger partial charge < -0.3 is 5.32 Å². The van der Waals surface area contributed by atoms with Crippen molar-refractivity contribution in [2.24, 2.45) is 11.8 Å². The van der Waals surface area contributed by atoms with Gasteiger partial charge in [0.2, 0.25) is 0 Å². The van der Waals surface area contributed by atoms with E-state index < -0.39 is 0 Å². The van der Waals surface area contributed by atoms with Crippen LogP contribution in [-0.4, -0.2) is 12.6 Å². The lowest BCUT2D eigenvalue weighted by molar-refractivity contribution is 0.354. The van der Waals surface area contributed by atoms with Gasteiger partial charge in [0.1, 0.15) is 0 Å². The van der Waals surface area contributed by atoms with E-state index in [0.29, 0.717) is 0 Å². The molecule has 15 heavy (non-hydrogen) atoms. The fourth-order valence-corrected chi connectivity index (χ4v) is 4.04. The highest BCUT2D eigenvalue weighted by Crippen LogP contribution is 2.44. The summed E-state index contributed by atoms with van der Waals surface area (Å²) in [6.07, 6.45) is 7.17. The van der Waals surface area contributed by atoms with Gasteiger partial charge in [0, 0.05) is 17.5 Å². The van der Waals surface area contributed by atoms with Gasteiger partial charge in [-0.05, 0) is 49.0 Å². The molecule has 0 radical (unpaired) electrons. The Morgan fingerprint density at radius 2 is 2.33 bits per heavy atom. The fourth-order valence-electron chi connectivity index (χ4n) is 3.33. The molecule has 0 amide bonds. The van der Waals surface area contributed by atoms with Crippen molar-refractivity contribution in [2.45, 2.75) is 38.1 Å². The summed E-state index contributed by atoms with van der Waals surface area (Å²) in [6, 6.07) is 5.24. The van der Waals surface area contributed by atoms with Gasteiger partial charge in [0.25, 0.3) is 0 Å². The van der Waals surface area contributed by atoms with E-state index in [1.54, 1.807) is 0 Å². The first-order chi connectivity index (χ1) is 7.42. The maximum atomic E-state index is 3.76. The van der Waals surface area contributed by atoms with Gasteiger partial charge in [-0.15, -0.1) is 11.3 Å². The third kappa shape index (κ3) is 2.11. The van der Waals surface area contributed by atoms with Crippen LogP contribution >= 0.6 is 11.3 Å². The summed E-state index contributed by atoms with van der Waals surface area (Å²) in [5, 5.41) is 5.93. The van der Waals surface area contributed by atoms with Crippen LogP contribution in [-0.2, 0) is 6.42 Å². The molecule has 1 heterocycles. The second kappa shape index (κ2) is 4.26. The molecule has 2 aliphatic rings. The second-order valence-corrected chi connectivity index (χ2v) is 6.10. The number of hydrogen-bond acceptors (Lipinski definition) is 2. The highest BCUT2D eigenvalue weighted by atomic mass is 32.1. The molecule has 2 saturated carbocycles. The van der Waals surface area contributed by atoms with Crippen LogP contribution in [0.4, 0.5) is 0 Å². The van der Waals surface area contributed by atoms with E-state index in [1.807, 2.05) is 11.3 Å². The van der Waals surface area contributed by atoms with Crippen molar-refractivity contribution < 1.29 is 0 Å². The number of rotatable bonds is 4. The minimum absolute atomic E-state index is 0.851.